The van der Waals surface area contributed by atoms with Gasteiger partial charge in [0.1, 0.15) is 12.3 Å². The van der Waals surface area contributed by atoms with Crippen molar-refractivity contribution in [3.05, 3.63) is 18.0 Å². The molecule has 1 N–H and O–H groups in total. The summed E-state index contributed by atoms with van der Waals surface area (Å²) < 4.78 is 4.98. The van der Waals surface area contributed by atoms with E-state index < -0.39 is 0 Å². The molecule has 0 aliphatic heterocycles. The monoisotopic (exact) mass is 246 g/mol. The second-order valence-corrected chi connectivity index (χ2v) is 3.87. The van der Waals surface area contributed by atoms with Gasteiger partial charge < -0.3 is 4.74 Å². The fourth-order valence-electron chi connectivity index (χ4n) is 0.731. The van der Waals surface area contributed by atoms with Crippen LogP contribution in [0.4, 0.5) is 0 Å². The minimum atomic E-state index is -0.365. The first-order valence-corrected chi connectivity index (χ1v) is 4.96. The van der Waals surface area contributed by atoms with Crippen molar-refractivity contribution in [1.29, 1.82) is 0 Å². The quantitative estimate of drug-likeness (QED) is 0.651. The van der Waals surface area contributed by atoms with Gasteiger partial charge in [-0.25, -0.2) is 4.79 Å². The molecule has 1 aromatic rings. The van der Waals surface area contributed by atoms with Gasteiger partial charge in [0.25, 0.3) is 0 Å². The van der Waals surface area contributed by atoms with Crippen LogP contribution in [-0.2, 0) is 4.74 Å². The zero-order valence-electron chi connectivity index (χ0n) is 7.29. The highest BCUT2D eigenvalue weighted by atomic mass is 79.9. The number of ether oxygens (including phenoxy) is 1. The number of alkyl halides is 1. The molecule has 1 unspecified atom stereocenters. The van der Waals surface area contributed by atoms with Crippen molar-refractivity contribution >= 4 is 21.9 Å². The average molecular weight is 247 g/mol. The van der Waals surface area contributed by atoms with E-state index >= 15 is 0 Å². The lowest BCUT2D eigenvalue weighted by Crippen LogP contribution is -2.13. The van der Waals surface area contributed by atoms with E-state index in [9.17, 15) is 4.79 Å². The van der Waals surface area contributed by atoms with Gasteiger partial charge >= 0.3 is 5.97 Å². The van der Waals surface area contributed by atoms with Crippen molar-refractivity contribution in [3.63, 3.8) is 0 Å². The molecule has 0 aliphatic carbocycles. The normalized spacial score (nSPS) is 12.5. The van der Waals surface area contributed by atoms with Gasteiger partial charge in [0.05, 0.1) is 0 Å². The number of esters is 1. The Morgan fingerprint density at radius 3 is 3.15 bits per heavy atom. The Balaban J connectivity index is 2.35. The Labute approximate surface area is 84.8 Å². The Kier molecular flexibility index (Phi) is 3.95. The lowest BCUT2D eigenvalue weighted by atomic mass is 10.3. The predicted molar refractivity (Wildman–Crippen MR) is 51.9 cm³/mol. The molecule has 1 atom stereocenters. The topological polar surface area (TPSA) is 55.0 Å². The van der Waals surface area contributed by atoms with E-state index in [2.05, 4.69) is 26.1 Å². The van der Waals surface area contributed by atoms with Crippen LogP contribution in [0.2, 0.25) is 0 Å². The van der Waals surface area contributed by atoms with Crippen LogP contribution >= 0.6 is 15.9 Å². The molecule has 0 spiro atoms. The molecule has 0 saturated carbocycles. The fourth-order valence-corrected chi connectivity index (χ4v) is 0.863. The lowest BCUT2D eigenvalue weighted by molar-refractivity contribution is 0.0500. The fraction of sp³-hybridized carbons (Fsp3) is 0.500. The summed E-state index contributed by atoms with van der Waals surface area (Å²) in [6.07, 6.45) is 2.44. The van der Waals surface area contributed by atoms with Gasteiger partial charge in [-0.15, -0.1) is 0 Å². The Bertz CT molecular complexity index is 261. The second kappa shape index (κ2) is 5.01. The third-order valence-corrected chi connectivity index (χ3v) is 2.47. The summed E-state index contributed by atoms with van der Waals surface area (Å²) in [6, 6.07) is 1.58. The minimum Gasteiger partial charge on any atom is -0.460 e. The molecule has 0 radical (unpaired) electrons. The highest BCUT2D eigenvalue weighted by Crippen LogP contribution is 2.05. The Hall–Kier alpha value is -0.840. The van der Waals surface area contributed by atoms with Crippen LogP contribution in [0.25, 0.3) is 0 Å². The van der Waals surface area contributed by atoms with Crippen molar-refractivity contribution in [2.75, 3.05) is 6.61 Å². The molecule has 0 bridgehead atoms. The standard InChI is InChI=1S/C8H11BrN2O2/c1-2-6(9)5-13-8(12)7-3-4-10-11-7/h3-4,6H,2,5H2,1H3,(H,10,11). The van der Waals surface area contributed by atoms with E-state index in [4.69, 9.17) is 4.74 Å². The third-order valence-electron chi connectivity index (χ3n) is 1.56. The molecule has 4 nitrogen and oxygen atoms in total. The summed E-state index contributed by atoms with van der Waals surface area (Å²) in [5, 5.41) is 6.19. The van der Waals surface area contributed by atoms with Crippen LogP contribution in [0.15, 0.2) is 12.3 Å². The van der Waals surface area contributed by atoms with Crippen molar-refractivity contribution in [2.24, 2.45) is 0 Å². The van der Waals surface area contributed by atoms with Gasteiger partial charge in [-0.2, -0.15) is 5.10 Å². The summed E-state index contributed by atoms with van der Waals surface area (Å²) in [5.74, 6) is -0.365. The number of hydrogen-bond donors (Lipinski definition) is 1. The number of aromatic amines is 1. The molecular formula is C8H11BrN2O2. The second-order valence-electron chi connectivity index (χ2n) is 2.57. The van der Waals surface area contributed by atoms with Crippen molar-refractivity contribution in [2.45, 2.75) is 18.2 Å². The van der Waals surface area contributed by atoms with Crippen LogP contribution in [0, 0.1) is 0 Å². The van der Waals surface area contributed by atoms with E-state index in [0.717, 1.165) is 6.42 Å². The summed E-state index contributed by atoms with van der Waals surface area (Å²) in [5.41, 5.74) is 0.385. The summed E-state index contributed by atoms with van der Waals surface area (Å²) in [6.45, 7) is 2.40. The van der Waals surface area contributed by atoms with E-state index in [-0.39, 0.29) is 10.8 Å². The van der Waals surface area contributed by atoms with E-state index in [0.29, 0.717) is 12.3 Å². The lowest BCUT2D eigenvalue weighted by Gasteiger charge is -2.06. The molecule has 0 fully saturated rings. The number of rotatable bonds is 4. The highest BCUT2D eigenvalue weighted by molar-refractivity contribution is 9.09. The maximum atomic E-state index is 11.2. The van der Waals surface area contributed by atoms with Crippen LogP contribution < -0.4 is 0 Å². The van der Waals surface area contributed by atoms with Gasteiger partial charge in [-0.3, -0.25) is 5.10 Å². The van der Waals surface area contributed by atoms with Crippen molar-refractivity contribution < 1.29 is 9.53 Å². The number of nitrogens with zero attached hydrogens (tertiary/aromatic N) is 1. The molecule has 0 aliphatic rings. The SMILES string of the molecule is CCC(Br)COC(=O)c1ccn[nH]1. The number of halogens is 1. The molecule has 72 valence electrons. The first-order valence-electron chi connectivity index (χ1n) is 4.04. The van der Waals surface area contributed by atoms with Gasteiger partial charge in [0.15, 0.2) is 0 Å². The number of H-pyrrole nitrogens is 1. The van der Waals surface area contributed by atoms with Crippen LogP contribution in [0.3, 0.4) is 0 Å². The van der Waals surface area contributed by atoms with Crippen LogP contribution in [0.5, 0.6) is 0 Å². The summed E-state index contributed by atoms with van der Waals surface area (Å²) in [7, 11) is 0. The zero-order chi connectivity index (χ0) is 9.68. The molecule has 1 heterocycles. The zero-order valence-corrected chi connectivity index (χ0v) is 8.87. The van der Waals surface area contributed by atoms with Crippen molar-refractivity contribution in [1.82, 2.24) is 10.2 Å². The smallest absolute Gasteiger partial charge is 0.356 e. The molecule has 5 heteroatoms. The maximum Gasteiger partial charge on any atom is 0.356 e. The van der Waals surface area contributed by atoms with E-state index in [1.54, 1.807) is 6.07 Å². The summed E-state index contributed by atoms with van der Waals surface area (Å²) >= 11 is 3.37. The van der Waals surface area contributed by atoms with Gasteiger partial charge in [0, 0.05) is 11.0 Å². The molecular weight excluding hydrogens is 236 g/mol. The molecule has 13 heavy (non-hydrogen) atoms. The molecule has 1 aromatic heterocycles. The van der Waals surface area contributed by atoms with Gasteiger partial charge in [-0.1, -0.05) is 22.9 Å². The maximum absolute atomic E-state index is 11.2. The number of carbonyl (C=O) groups excluding carboxylic acids is 1. The third kappa shape index (κ3) is 3.18. The molecule has 0 aromatic carbocycles. The number of aromatic nitrogens is 2. The predicted octanol–water partition coefficient (Wildman–Crippen LogP) is 1.74. The Morgan fingerprint density at radius 2 is 2.62 bits per heavy atom. The summed E-state index contributed by atoms with van der Waals surface area (Å²) in [4.78, 5) is 11.4. The van der Waals surface area contributed by atoms with E-state index in [1.165, 1.54) is 6.20 Å². The van der Waals surface area contributed by atoms with Crippen LogP contribution in [0.1, 0.15) is 23.8 Å². The molecule has 1 rings (SSSR count). The molecule has 0 amide bonds. The first kappa shape index (κ1) is 10.2. The van der Waals surface area contributed by atoms with Crippen LogP contribution in [-0.4, -0.2) is 27.6 Å². The Morgan fingerprint density at radius 1 is 1.85 bits per heavy atom. The minimum absolute atomic E-state index is 0.222. The first-order chi connectivity index (χ1) is 6.24. The molecule has 0 saturated heterocycles. The number of hydrogen-bond acceptors (Lipinski definition) is 3. The van der Waals surface area contributed by atoms with Crippen molar-refractivity contribution in [3.8, 4) is 0 Å². The number of nitrogens with one attached hydrogen (secondary N) is 1. The highest BCUT2D eigenvalue weighted by Gasteiger charge is 2.10. The van der Waals surface area contributed by atoms with Gasteiger partial charge in [0.2, 0.25) is 0 Å². The van der Waals surface area contributed by atoms with E-state index in [1.807, 2.05) is 6.92 Å². The van der Waals surface area contributed by atoms with Gasteiger partial charge in [-0.05, 0) is 12.5 Å². The number of carbonyl (C=O) groups is 1. The largest absolute Gasteiger partial charge is 0.460 e. The average Bonchev–Trinajstić information content (AvgIpc) is 2.66.